The van der Waals surface area contributed by atoms with E-state index in [9.17, 15) is 9.59 Å². The van der Waals surface area contributed by atoms with Crippen LogP contribution in [0, 0.1) is 0 Å². The highest BCUT2D eigenvalue weighted by Gasteiger charge is 2.22. The van der Waals surface area contributed by atoms with Crippen molar-refractivity contribution in [2.45, 2.75) is 6.42 Å². The molecule has 3 heterocycles. The van der Waals surface area contributed by atoms with Crippen LogP contribution < -0.4 is 4.90 Å². The number of rotatable bonds is 3. The molecule has 130 valence electrons. The van der Waals surface area contributed by atoms with E-state index in [2.05, 4.69) is 19.9 Å². The molecule has 0 N–H and O–H groups in total. The van der Waals surface area contributed by atoms with Crippen molar-refractivity contribution in [1.29, 1.82) is 0 Å². The average molecular weight is 341 g/mol. The van der Waals surface area contributed by atoms with Crippen LogP contribution in [0.5, 0.6) is 0 Å². The number of hydrogen-bond acceptors (Lipinski definition) is 7. The van der Waals surface area contributed by atoms with Crippen LogP contribution in [0.3, 0.4) is 0 Å². The first-order valence-electron chi connectivity index (χ1n) is 8.03. The van der Waals surface area contributed by atoms with E-state index in [1.807, 2.05) is 0 Å². The molecule has 25 heavy (non-hydrogen) atoms. The normalized spacial score (nSPS) is 14.8. The summed E-state index contributed by atoms with van der Waals surface area (Å²) in [5.74, 6) is 0.195. The minimum atomic E-state index is -0.391. The number of anilines is 1. The van der Waals surface area contributed by atoms with E-state index in [0.29, 0.717) is 36.7 Å². The van der Waals surface area contributed by atoms with Crippen LogP contribution >= 0.6 is 0 Å². The molecule has 8 heteroatoms. The van der Waals surface area contributed by atoms with Crippen molar-refractivity contribution in [3.63, 3.8) is 0 Å². The molecule has 0 spiro atoms. The lowest BCUT2D eigenvalue weighted by atomic mass is 10.2. The van der Waals surface area contributed by atoms with E-state index >= 15 is 0 Å². The zero-order chi connectivity index (χ0) is 17.6. The lowest BCUT2D eigenvalue weighted by Crippen LogP contribution is -2.35. The van der Waals surface area contributed by atoms with E-state index < -0.39 is 5.97 Å². The Morgan fingerprint density at radius 2 is 1.96 bits per heavy atom. The minimum absolute atomic E-state index is 0.119. The number of hydrogen-bond donors (Lipinski definition) is 0. The molecule has 8 nitrogen and oxygen atoms in total. The maximum absolute atomic E-state index is 12.5. The van der Waals surface area contributed by atoms with Crippen molar-refractivity contribution in [2.75, 3.05) is 38.2 Å². The number of amides is 1. The molecule has 0 atom stereocenters. The number of esters is 1. The number of carbonyl (C=O) groups is 2. The molecule has 0 bridgehead atoms. The van der Waals surface area contributed by atoms with Gasteiger partial charge in [0.2, 0.25) is 0 Å². The number of aromatic nitrogens is 3. The van der Waals surface area contributed by atoms with Crippen molar-refractivity contribution in [2.24, 2.45) is 0 Å². The predicted octanol–water partition coefficient (Wildman–Crippen LogP) is 1.01. The van der Waals surface area contributed by atoms with Gasteiger partial charge in [0.1, 0.15) is 11.5 Å². The van der Waals surface area contributed by atoms with Gasteiger partial charge in [-0.25, -0.2) is 14.8 Å². The maximum atomic E-state index is 12.5. The summed E-state index contributed by atoms with van der Waals surface area (Å²) in [4.78, 5) is 40.4. The molecule has 1 amide bonds. The van der Waals surface area contributed by atoms with Gasteiger partial charge in [-0.15, -0.1) is 0 Å². The van der Waals surface area contributed by atoms with Gasteiger partial charge in [-0.1, -0.05) is 0 Å². The fourth-order valence-electron chi connectivity index (χ4n) is 2.76. The molecule has 0 saturated carbocycles. The van der Waals surface area contributed by atoms with Crippen molar-refractivity contribution < 1.29 is 14.3 Å². The van der Waals surface area contributed by atoms with Gasteiger partial charge in [0.25, 0.3) is 5.91 Å². The highest BCUT2D eigenvalue weighted by Crippen LogP contribution is 2.16. The monoisotopic (exact) mass is 341 g/mol. The Labute approximate surface area is 145 Å². The Morgan fingerprint density at radius 1 is 1.08 bits per heavy atom. The van der Waals surface area contributed by atoms with Gasteiger partial charge in [-0.3, -0.25) is 9.78 Å². The zero-order valence-electron chi connectivity index (χ0n) is 14.0. The molecule has 1 aliphatic rings. The quantitative estimate of drug-likeness (QED) is 0.770. The maximum Gasteiger partial charge on any atom is 0.338 e. The van der Waals surface area contributed by atoms with E-state index in [1.54, 1.807) is 29.4 Å². The molecular formula is C17H19N5O3. The standard InChI is InChI=1S/C17H19N5O3/c1-25-17(24)13-3-4-20-15(11-13)21-7-2-8-22(10-9-21)16(23)14-12-18-5-6-19-14/h3-6,11-12H,2,7-10H2,1H3. The molecule has 2 aromatic rings. The smallest absolute Gasteiger partial charge is 0.338 e. The number of methoxy groups -OCH3 is 1. The van der Waals surface area contributed by atoms with Gasteiger partial charge in [0.05, 0.1) is 18.9 Å². The third kappa shape index (κ3) is 3.90. The summed E-state index contributed by atoms with van der Waals surface area (Å²) in [6.07, 6.45) is 6.93. The van der Waals surface area contributed by atoms with E-state index in [-0.39, 0.29) is 5.91 Å². The Morgan fingerprint density at radius 3 is 2.72 bits per heavy atom. The van der Waals surface area contributed by atoms with Gasteiger partial charge in [0.15, 0.2) is 0 Å². The highest BCUT2D eigenvalue weighted by atomic mass is 16.5. The summed E-state index contributed by atoms with van der Waals surface area (Å²) < 4.78 is 4.75. The Kier molecular flexibility index (Phi) is 5.17. The fourth-order valence-corrected chi connectivity index (χ4v) is 2.76. The van der Waals surface area contributed by atoms with Crippen LogP contribution in [0.15, 0.2) is 36.9 Å². The van der Waals surface area contributed by atoms with E-state index in [4.69, 9.17) is 4.74 Å². The fraction of sp³-hybridized carbons (Fsp3) is 0.353. The molecule has 0 aromatic carbocycles. The highest BCUT2D eigenvalue weighted by molar-refractivity contribution is 5.92. The first kappa shape index (κ1) is 16.8. The SMILES string of the molecule is COC(=O)c1ccnc(N2CCCN(C(=O)c3cnccn3)CC2)c1. The summed E-state index contributed by atoms with van der Waals surface area (Å²) in [7, 11) is 1.35. The van der Waals surface area contributed by atoms with Crippen LogP contribution in [0.25, 0.3) is 0 Å². The summed E-state index contributed by atoms with van der Waals surface area (Å²) in [5, 5.41) is 0. The van der Waals surface area contributed by atoms with Crippen molar-refractivity contribution in [3.05, 3.63) is 48.2 Å². The molecular weight excluding hydrogens is 322 g/mol. The lowest BCUT2D eigenvalue weighted by molar-refractivity contribution is 0.0600. The molecule has 1 fully saturated rings. The van der Waals surface area contributed by atoms with E-state index in [0.717, 1.165) is 13.0 Å². The summed E-state index contributed by atoms with van der Waals surface area (Å²) in [6, 6.07) is 3.34. The van der Waals surface area contributed by atoms with Gasteiger partial charge in [0, 0.05) is 44.8 Å². The first-order chi connectivity index (χ1) is 12.2. The molecule has 2 aromatic heterocycles. The summed E-state index contributed by atoms with van der Waals surface area (Å²) in [5.41, 5.74) is 0.811. The predicted molar refractivity (Wildman–Crippen MR) is 90.3 cm³/mol. The summed E-state index contributed by atoms with van der Waals surface area (Å²) in [6.45, 7) is 2.58. The van der Waals surface area contributed by atoms with Crippen molar-refractivity contribution >= 4 is 17.7 Å². The number of pyridine rings is 1. The second-order valence-corrected chi connectivity index (χ2v) is 5.62. The number of carbonyl (C=O) groups excluding carboxylic acids is 2. The molecule has 0 unspecified atom stereocenters. The third-order valence-corrected chi connectivity index (χ3v) is 4.06. The Bertz CT molecular complexity index is 753. The van der Waals surface area contributed by atoms with Crippen LogP contribution in [0.2, 0.25) is 0 Å². The van der Waals surface area contributed by atoms with Gasteiger partial charge in [-0.05, 0) is 18.6 Å². The average Bonchev–Trinajstić information content (AvgIpc) is 2.94. The number of nitrogens with zero attached hydrogens (tertiary/aromatic N) is 5. The summed E-state index contributed by atoms with van der Waals surface area (Å²) >= 11 is 0. The molecule has 3 rings (SSSR count). The zero-order valence-corrected chi connectivity index (χ0v) is 14.0. The van der Waals surface area contributed by atoms with E-state index in [1.165, 1.54) is 19.5 Å². The van der Waals surface area contributed by atoms with Crippen molar-refractivity contribution in [3.8, 4) is 0 Å². The minimum Gasteiger partial charge on any atom is -0.465 e. The third-order valence-electron chi connectivity index (χ3n) is 4.06. The molecule has 0 aliphatic carbocycles. The largest absolute Gasteiger partial charge is 0.465 e. The van der Waals surface area contributed by atoms with Crippen LogP contribution in [0.1, 0.15) is 27.3 Å². The van der Waals surface area contributed by atoms with Crippen LogP contribution in [0.4, 0.5) is 5.82 Å². The lowest BCUT2D eigenvalue weighted by Gasteiger charge is -2.22. The Balaban J connectivity index is 1.70. The molecule has 1 aliphatic heterocycles. The molecule has 0 radical (unpaired) electrons. The second kappa shape index (κ2) is 7.69. The van der Waals surface area contributed by atoms with Crippen molar-refractivity contribution in [1.82, 2.24) is 19.9 Å². The molecule has 1 saturated heterocycles. The van der Waals surface area contributed by atoms with Crippen LogP contribution in [-0.4, -0.2) is 65.0 Å². The Hall–Kier alpha value is -3.03. The van der Waals surface area contributed by atoms with Crippen LogP contribution in [-0.2, 0) is 4.74 Å². The topological polar surface area (TPSA) is 88.5 Å². The number of ether oxygens (including phenoxy) is 1. The van der Waals surface area contributed by atoms with Gasteiger partial charge >= 0.3 is 5.97 Å². The second-order valence-electron chi connectivity index (χ2n) is 5.62. The van der Waals surface area contributed by atoms with Gasteiger partial charge < -0.3 is 14.5 Å². The van der Waals surface area contributed by atoms with Gasteiger partial charge in [-0.2, -0.15) is 0 Å². The first-order valence-corrected chi connectivity index (χ1v) is 8.03.